The monoisotopic (exact) mass is 173 g/mol. The van der Waals surface area contributed by atoms with Gasteiger partial charge in [-0.15, -0.1) is 0 Å². The first-order valence-electron chi connectivity index (χ1n) is 3.87. The van der Waals surface area contributed by atoms with E-state index in [1.54, 1.807) is 12.3 Å². The summed E-state index contributed by atoms with van der Waals surface area (Å²) in [5, 5.41) is 0.983. The number of isocyanates is 1. The van der Waals surface area contributed by atoms with Crippen molar-refractivity contribution in [3.63, 3.8) is 0 Å². The van der Waals surface area contributed by atoms with E-state index in [4.69, 9.17) is 4.42 Å². The van der Waals surface area contributed by atoms with Crippen molar-refractivity contribution < 1.29 is 9.21 Å². The van der Waals surface area contributed by atoms with E-state index >= 15 is 0 Å². The zero-order valence-corrected chi connectivity index (χ0v) is 7.07. The van der Waals surface area contributed by atoms with E-state index in [1.165, 1.54) is 6.08 Å². The molecule has 0 unspecified atom stereocenters. The van der Waals surface area contributed by atoms with E-state index in [1.807, 2.05) is 19.1 Å². The molecule has 3 nitrogen and oxygen atoms in total. The Balaban J connectivity index is 2.84. The van der Waals surface area contributed by atoms with Crippen molar-refractivity contribution in [2.45, 2.75) is 6.92 Å². The first-order valence-corrected chi connectivity index (χ1v) is 3.87. The molecule has 0 atom stereocenters. The van der Waals surface area contributed by atoms with Crippen molar-refractivity contribution in [3.05, 3.63) is 30.0 Å². The van der Waals surface area contributed by atoms with Gasteiger partial charge in [0.1, 0.15) is 5.69 Å². The summed E-state index contributed by atoms with van der Waals surface area (Å²) < 4.78 is 5.26. The molecule has 3 heteroatoms. The minimum absolute atomic E-state index is 0.528. The lowest BCUT2D eigenvalue weighted by Gasteiger charge is -1.91. The Kier molecular flexibility index (Phi) is 1.72. The van der Waals surface area contributed by atoms with Gasteiger partial charge in [0.05, 0.1) is 6.26 Å². The maximum Gasteiger partial charge on any atom is 0.240 e. The molecular formula is C10H7NO2. The topological polar surface area (TPSA) is 42.6 Å². The van der Waals surface area contributed by atoms with Crippen LogP contribution in [0.25, 0.3) is 11.0 Å². The molecule has 0 aliphatic rings. The lowest BCUT2D eigenvalue weighted by Crippen LogP contribution is -1.68. The number of rotatable bonds is 1. The molecule has 0 bridgehead atoms. The standard InChI is InChI=1S/C10H7NO2/c1-7-5-13-10-8(7)3-2-4-9(10)11-6-12/h2-5H,1H3. The second-order valence-corrected chi connectivity index (χ2v) is 2.78. The first-order chi connectivity index (χ1) is 6.33. The van der Waals surface area contributed by atoms with Gasteiger partial charge < -0.3 is 4.42 Å². The Morgan fingerprint density at radius 1 is 1.46 bits per heavy atom. The van der Waals surface area contributed by atoms with Crippen LogP contribution in [0.2, 0.25) is 0 Å². The van der Waals surface area contributed by atoms with Crippen LogP contribution in [0.3, 0.4) is 0 Å². The van der Waals surface area contributed by atoms with Gasteiger partial charge in [0.25, 0.3) is 0 Å². The third-order valence-electron chi connectivity index (χ3n) is 1.94. The van der Waals surface area contributed by atoms with Gasteiger partial charge in [-0.25, -0.2) is 4.79 Å². The molecule has 0 saturated carbocycles. The van der Waals surface area contributed by atoms with Gasteiger partial charge >= 0.3 is 0 Å². The highest BCUT2D eigenvalue weighted by Gasteiger charge is 2.05. The van der Waals surface area contributed by atoms with Crippen molar-refractivity contribution in [1.29, 1.82) is 0 Å². The molecule has 64 valence electrons. The van der Waals surface area contributed by atoms with E-state index in [9.17, 15) is 4.79 Å². The van der Waals surface area contributed by atoms with E-state index in [2.05, 4.69) is 4.99 Å². The number of fused-ring (bicyclic) bond motifs is 1. The second-order valence-electron chi connectivity index (χ2n) is 2.78. The predicted molar refractivity (Wildman–Crippen MR) is 48.7 cm³/mol. The number of furan rings is 1. The maximum atomic E-state index is 10.1. The highest BCUT2D eigenvalue weighted by atomic mass is 16.3. The summed E-state index contributed by atoms with van der Waals surface area (Å²) in [6, 6.07) is 5.48. The number of carbonyl (C=O) groups excluding carboxylic acids is 1. The third-order valence-corrected chi connectivity index (χ3v) is 1.94. The quantitative estimate of drug-likeness (QED) is 0.491. The summed E-state index contributed by atoms with van der Waals surface area (Å²) in [5.74, 6) is 0. The largest absolute Gasteiger partial charge is 0.462 e. The molecular weight excluding hydrogens is 166 g/mol. The van der Waals surface area contributed by atoms with Gasteiger partial charge in [-0.1, -0.05) is 12.1 Å². The summed E-state index contributed by atoms with van der Waals surface area (Å²) in [4.78, 5) is 13.6. The van der Waals surface area contributed by atoms with Crippen molar-refractivity contribution in [2.24, 2.45) is 4.99 Å². The van der Waals surface area contributed by atoms with Crippen molar-refractivity contribution in [1.82, 2.24) is 0 Å². The zero-order chi connectivity index (χ0) is 9.26. The number of para-hydroxylation sites is 1. The third kappa shape index (κ3) is 1.15. The predicted octanol–water partition coefficient (Wildman–Crippen LogP) is 2.71. The van der Waals surface area contributed by atoms with Gasteiger partial charge in [0.15, 0.2) is 5.58 Å². The molecule has 0 N–H and O–H groups in total. The number of hydrogen-bond acceptors (Lipinski definition) is 3. The van der Waals surface area contributed by atoms with Crippen molar-refractivity contribution in [3.8, 4) is 0 Å². The van der Waals surface area contributed by atoms with Gasteiger partial charge in [-0.3, -0.25) is 0 Å². The van der Waals surface area contributed by atoms with E-state index in [-0.39, 0.29) is 0 Å². The Morgan fingerprint density at radius 2 is 2.31 bits per heavy atom. The molecule has 0 spiro atoms. The van der Waals surface area contributed by atoms with Gasteiger partial charge in [-0.2, -0.15) is 4.99 Å². The summed E-state index contributed by atoms with van der Waals surface area (Å²) in [7, 11) is 0. The second kappa shape index (κ2) is 2.88. The fraction of sp³-hybridized carbons (Fsp3) is 0.100. The molecule has 1 aromatic carbocycles. The minimum Gasteiger partial charge on any atom is -0.462 e. The SMILES string of the molecule is Cc1coc2c(N=C=O)cccc12. The number of hydrogen-bond donors (Lipinski definition) is 0. The maximum absolute atomic E-state index is 10.1. The fourth-order valence-electron chi connectivity index (χ4n) is 1.31. The Labute approximate surface area is 74.7 Å². The van der Waals surface area contributed by atoms with Crippen LogP contribution in [0.4, 0.5) is 5.69 Å². The molecule has 1 heterocycles. The van der Waals surface area contributed by atoms with Gasteiger partial charge in [-0.05, 0) is 18.6 Å². The first kappa shape index (κ1) is 7.77. The Morgan fingerprint density at radius 3 is 3.08 bits per heavy atom. The molecule has 0 aliphatic heterocycles. The molecule has 0 radical (unpaired) electrons. The van der Waals surface area contributed by atoms with Crippen LogP contribution in [-0.2, 0) is 4.79 Å². The summed E-state index contributed by atoms with van der Waals surface area (Å²) in [5.41, 5.74) is 2.21. The van der Waals surface area contributed by atoms with Crippen LogP contribution in [-0.4, -0.2) is 6.08 Å². The van der Waals surface area contributed by atoms with Crippen molar-refractivity contribution in [2.75, 3.05) is 0 Å². The summed E-state index contributed by atoms with van der Waals surface area (Å²) >= 11 is 0. The molecule has 0 aliphatic carbocycles. The van der Waals surface area contributed by atoms with Crippen LogP contribution in [0.1, 0.15) is 5.56 Å². The van der Waals surface area contributed by atoms with E-state index in [0.717, 1.165) is 10.9 Å². The van der Waals surface area contributed by atoms with Gasteiger partial charge in [0, 0.05) is 5.39 Å². The molecule has 0 amide bonds. The highest BCUT2D eigenvalue weighted by molar-refractivity contribution is 5.90. The number of aliphatic imine (C=N–C) groups is 1. The lowest BCUT2D eigenvalue weighted by atomic mass is 10.2. The molecule has 13 heavy (non-hydrogen) atoms. The number of nitrogens with zero attached hydrogens (tertiary/aromatic N) is 1. The minimum atomic E-state index is 0.528. The Hall–Kier alpha value is -1.86. The van der Waals surface area contributed by atoms with Crippen LogP contribution in [0.5, 0.6) is 0 Å². The van der Waals surface area contributed by atoms with Gasteiger partial charge in [0.2, 0.25) is 6.08 Å². The Bertz CT molecular complexity index is 493. The number of benzene rings is 1. The fourth-order valence-corrected chi connectivity index (χ4v) is 1.31. The summed E-state index contributed by atoms with van der Waals surface area (Å²) in [6.45, 7) is 1.94. The summed E-state index contributed by atoms with van der Waals surface area (Å²) in [6.07, 6.45) is 3.15. The zero-order valence-electron chi connectivity index (χ0n) is 7.07. The molecule has 0 fully saturated rings. The normalized spacial score (nSPS) is 9.92. The van der Waals surface area contributed by atoms with E-state index < -0.39 is 0 Å². The molecule has 1 aromatic heterocycles. The lowest BCUT2D eigenvalue weighted by molar-refractivity contribution is 0.565. The smallest absolute Gasteiger partial charge is 0.240 e. The van der Waals surface area contributed by atoms with Crippen LogP contribution < -0.4 is 0 Å². The van der Waals surface area contributed by atoms with Crippen molar-refractivity contribution >= 4 is 22.7 Å². The van der Waals surface area contributed by atoms with Crippen LogP contribution in [0.15, 0.2) is 33.9 Å². The van der Waals surface area contributed by atoms with E-state index in [0.29, 0.717) is 11.3 Å². The average Bonchev–Trinajstić information content (AvgIpc) is 2.50. The average molecular weight is 173 g/mol. The molecule has 2 aromatic rings. The number of aryl methyl sites for hydroxylation is 1. The molecule has 0 saturated heterocycles. The highest BCUT2D eigenvalue weighted by Crippen LogP contribution is 2.28. The van der Waals surface area contributed by atoms with Crippen LogP contribution >= 0.6 is 0 Å². The molecule has 2 rings (SSSR count). The van der Waals surface area contributed by atoms with Crippen LogP contribution in [0, 0.1) is 6.92 Å².